The van der Waals surface area contributed by atoms with E-state index in [0.29, 0.717) is 18.9 Å². The van der Waals surface area contributed by atoms with Crippen molar-refractivity contribution in [2.24, 2.45) is 5.92 Å². The summed E-state index contributed by atoms with van der Waals surface area (Å²) in [5, 5.41) is 0. The van der Waals surface area contributed by atoms with E-state index in [4.69, 9.17) is 4.74 Å². The van der Waals surface area contributed by atoms with Crippen LogP contribution in [0.2, 0.25) is 0 Å². The first-order valence-electron chi connectivity index (χ1n) is 5.32. The molecule has 0 heterocycles. The van der Waals surface area contributed by atoms with E-state index in [2.05, 4.69) is 6.92 Å². The molecular formula is C11H22O2. The van der Waals surface area contributed by atoms with Gasteiger partial charge < -0.3 is 4.74 Å². The number of carbonyl (C=O) groups excluding carboxylic acids is 1. The van der Waals surface area contributed by atoms with Gasteiger partial charge in [-0.25, -0.2) is 0 Å². The zero-order valence-corrected chi connectivity index (χ0v) is 9.14. The smallest absolute Gasteiger partial charge is 0.305 e. The van der Waals surface area contributed by atoms with E-state index in [1.54, 1.807) is 0 Å². The molecule has 0 amide bonds. The van der Waals surface area contributed by atoms with Gasteiger partial charge in [-0.1, -0.05) is 40.0 Å². The zero-order chi connectivity index (χ0) is 10.1. The predicted octanol–water partition coefficient (Wildman–Crippen LogP) is 3.16. The molecular weight excluding hydrogens is 164 g/mol. The van der Waals surface area contributed by atoms with Crippen molar-refractivity contribution >= 4 is 5.97 Å². The summed E-state index contributed by atoms with van der Waals surface area (Å²) in [6.07, 6.45) is 5.14. The molecule has 0 saturated carbocycles. The van der Waals surface area contributed by atoms with Crippen LogP contribution in [0.4, 0.5) is 0 Å². The molecule has 0 aromatic rings. The lowest BCUT2D eigenvalue weighted by Crippen LogP contribution is -2.09. The van der Waals surface area contributed by atoms with Crippen LogP contribution in [0.15, 0.2) is 0 Å². The summed E-state index contributed by atoms with van der Waals surface area (Å²) in [6, 6.07) is 0. The molecule has 0 aliphatic heterocycles. The van der Waals surface area contributed by atoms with Gasteiger partial charge >= 0.3 is 5.97 Å². The Bertz CT molecular complexity index is 130. The lowest BCUT2D eigenvalue weighted by Gasteiger charge is -2.06. The number of esters is 1. The van der Waals surface area contributed by atoms with Crippen molar-refractivity contribution in [3.05, 3.63) is 0 Å². The number of ether oxygens (including phenoxy) is 1. The Balaban J connectivity index is 3.20. The van der Waals surface area contributed by atoms with Gasteiger partial charge in [-0.15, -0.1) is 0 Å². The third-order valence-corrected chi connectivity index (χ3v) is 1.81. The normalized spacial score (nSPS) is 10.5. The Morgan fingerprint density at radius 3 is 2.46 bits per heavy atom. The van der Waals surface area contributed by atoms with E-state index in [1.807, 2.05) is 13.8 Å². The van der Waals surface area contributed by atoms with Crippen molar-refractivity contribution in [2.45, 2.75) is 52.9 Å². The quantitative estimate of drug-likeness (QED) is 0.451. The molecule has 0 aliphatic carbocycles. The second-order valence-corrected chi connectivity index (χ2v) is 3.89. The highest BCUT2D eigenvalue weighted by Gasteiger charge is 2.03. The molecule has 2 nitrogen and oxygen atoms in total. The van der Waals surface area contributed by atoms with Gasteiger partial charge in [0.1, 0.15) is 0 Å². The van der Waals surface area contributed by atoms with Crippen LogP contribution in [0, 0.1) is 5.92 Å². The third kappa shape index (κ3) is 9.38. The summed E-state index contributed by atoms with van der Waals surface area (Å²) >= 11 is 0. The fourth-order valence-electron chi connectivity index (χ4n) is 1.03. The molecule has 0 atom stereocenters. The Morgan fingerprint density at radius 1 is 1.23 bits per heavy atom. The maximum atomic E-state index is 11.1. The Labute approximate surface area is 81.7 Å². The molecule has 2 heteroatoms. The maximum absolute atomic E-state index is 11.1. The molecule has 78 valence electrons. The average molecular weight is 186 g/mol. The first kappa shape index (κ1) is 12.5. The number of carbonyl (C=O) groups is 1. The predicted molar refractivity (Wildman–Crippen MR) is 54.6 cm³/mol. The van der Waals surface area contributed by atoms with Crippen molar-refractivity contribution < 1.29 is 9.53 Å². The van der Waals surface area contributed by atoms with E-state index >= 15 is 0 Å². The highest BCUT2D eigenvalue weighted by Crippen LogP contribution is 2.04. The van der Waals surface area contributed by atoms with Gasteiger partial charge in [0.15, 0.2) is 0 Å². The number of hydrogen-bond acceptors (Lipinski definition) is 2. The average Bonchev–Trinajstić information content (AvgIpc) is 2.09. The molecule has 0 unspecified atom stereocenters. The van der Waals surface area contributed by atoms with E-state index in [0.717, 1.165) is 12.8 Å². The van der Waals surface area contributed by atoms with E-state index in [1.165, 1.54) is 12.8 Å². The molecule has 0 rings (SSSR count). The largest absolute Gasteiger partial charge is 0.465 e. The van der Waals surface area contributed by atoms with Crippen molar-refractivity contribution in [3.63, 3.8) is 0 Å². The van der Waals surface area contributed by atoms with Gasteiger partial charge in [0.25, 0.3) is 0 Å². The van der Waals surface area contributed by atoms with E-state index in [-0.39, 0.29) is 5.97 Å². The summed E-state index contributed by atoms with van der Waals surface area (Å²) in [4.78, 5) is 11.1. The van der Waals surface area contributed by atoms with Crippen LogP contribution in [-0.2, 0) is 9.53 Å². The molecule has 0 aromatic carbocycles. The SMILES string of the molecule is CCCCCCC(=O)OCC(C)C. The Hall–Kier alpha value is -0.530. The van der Waals surface area contributed by atoms with Crippen molar-refractivity contribution in [1.82, 2.24) is 0 Å². The minimum atomic E-state index is -0.0372. The highest BCUT2D eigenvalue weighted by atomic mass is 16.5. The number of unbranched alkanes of at least 4 members (excludes halogenated alkanes) is 3. The lowest BCUT2D eigenvalue weighted by molar-refractivity contribution is -0.144. The molecule has 0 saturated heterocycles. The first-order valence-corrected chi connectivity index (χ1v) is 5.32. The number of hydrogen-bond donors (Lipinski definition) is 0. The minimum absolute atomic E-state index is 0.0372. The molecule has 0 aromatic heterocycles. The molecule has 0 aliphatic rings. The van der Waals surface area contributed by atoms with Crippen LogP contribution in [0.25, 0.3) is 0 Å². The molecule has 0 radical (unpaired) electrons. The van der Waals surface area contributed by atoms with Gasteiger partial charge in [-0.2, -0.15) is 0 Å². The topological polar surface area (TPSA) is 26.3 Å². The molecule has 13 heavy (non-hydrogen) atoms. The van der Waals surface area contributed by atoms with Crippen LogP contribution in [0.3, 0.4) is 0 Å². The fourth-order valence-corrected chi connectivity index (χ4v) is 1.03. The Kier molecular flexibility index (Phi) is 7.76. The Morgan fingerprint density at radius 2 is 1.92 bits per heavy atom. The molecule has 0 fully saturated rings. The summed E-state index contributed by atoms with van der Waals surface area (Å²) in [5.41, 5.74) is 0. The summed E-state index contributed by atoms with van der Waals surface area (Å²) in [7, 11) is 0. The zero-order valence-electron chi connectivity index (χ0n) is 9.14. The summed E-state index contributed by atoms with van der Waals surface area (Å²) < 4.78 is 5.04. The van der Waals surface area contributed by atoms with Crippen molar-refractivity contribution in [3.8, 4) is 0 Å². The van der Waals surface area contributed by atoms with E-state index < -0.39 is 0 Å². The third-order valence-electron chi connectivity index (χ3n) is 1.81. The highest BCUT2D eigenvalue weighted by molar-refractivity contribution is 5.69. The number of rotatable bonds is 7. The van der Waals surface area contributed by atoms with Gasteiger partial charge in [-0.05, 0) is 12.3 Å². The van der Waals surface area contributed by atoms with Gasteiger partial charge in [0, 0.05) is 6.42 Å². The van der Waals surface area contributed by atoms with Gasteiger partial charge in [-0.3, -0.25) is 4.79 Å². The summed E-state index contributed by atoms with van der Waals surface area (Å²) in [6.45, 7) is 6.82. The van der Waals surface area contributed by atoms with Gasteiger partial charge in [0.05, 0.1) is 6.61 Å². The molecule has 0 spiro atoms. The monoisotopic (exact) mass is 186 g/mol. The van der Waals surface area contributed by atoms with Crippen LogP contribution in [0.5, 0.6) is 0 Å². The summed E-state index contributed by atoms with van der Waals surface area (Å²) in [5.74, 6) is 0.407. The standard InChI is InChI=1S/C11H22O2/c1-4-5-6-7-8-11(12)13-9-10(2)3/h10H,4-9H2,1-3H3. The van der Waals surface area contributed by atoms with Crippen LogP contribution >= 0.6 is 0 Å². The molecule has 0 bridgehead atoms. The molecule has 0 N–H and O–H groups in total. The minimum Gasteiger partial charge on any atom is -0.465 e. The van der Waals surface area contributed by atoms with Crippen molar-refractivity contribution in [1.29, 1.82) is 0 Å². The van der Waals surface area contributed by atoms with Gasteiger partial charge in [0.2, 0.25) is 0 Å². The lowest BCUT2D eigenvalue weighted by atomic mass is 10.1. The second-order valence-electron chi connectivity index (χ2n) is 3.89. The van der Waals surface area contributed by atoms with Crippen molar-refractivity contribution in [2.75, 3.05) is 6.61 Å². The maximum Gasteiger partial charge on any atom is 0.305 e. The second kappa shape index (κ2) is 8.09. The fraction of sp³-hybridized carbons (Fsp3) is 0.909. The first-order chi connectivity index (χ1) is 6.16. The van der Waals surface area contributed by atoms with E-state index in [9.17, 15) is 4.79 Å². The van der Waals surface area contributed by atoms with Crippen LogP contribution in [0.1, 0.15) is 52.9 Å². The van der Waals surface area contributed by atoms with Crippen LogP contribution in [-0.4, -0.2) is 12.6 Å². The van der Waals surface area contributed by atoms with Crippen LogP contribution < -0.4 is 0 Å².